The van der Waals surface area contributed by atoms with Crippen molar-refractivity contribution in [3.8, 4) is 0 Å². The van der Waals surface area contributed by atoms with Crippen molar-refractivity contribution in [3.63, 3.8) is 0 Å². The summed E-state index contributed by atoms with van der Waals surface area (Å²) in [5.74, 6) is 1.61. The Balaban J connectivity index is 1.61. The quantitative estimate of drug-likeness (QED) is 0.516. The molecular formula is C15H21N5S. The SMILES string of the molecule is C/C(=N\NC(=S)N1CC2CCC(CC2)C1)c1ccnnc1. The smallest absolute Gasteiger partial charge is 0.189 e. The van der Waals surface area contributed by atoms with E-state index in [2.05, 4.69) is 25.6 Å². The summed E-state index contributed by atoms with van der Waals surface area (Å²) in [6, 6.07) is 1.89. The standard InChI is InChI=1S/C15H21N5S/c1-11(14-6-7-16-17-8-14)18-19-15(21)20-9-12-2-3-13(10-20)5-4-12/h6-8,12-13H,2-5,9-10H2,1H3,(H,19,21)/b18-11+. The molecule has 1 aliphatic carbocycles. The summed E-state index contributed by atoms with van der Waals surface area (Å²) >= 11 is 5.52. The van der Waals surface area contributed by atoms with Crippen LogP contribution >= 0.6 is 12.2 Å². The molecule has 0 atom stereocenters. The Morgan fingerprint density at radius 1 is 1.24 bits per heavy atom. The van der Waals surface area contributed by atoms with E-state index in [1.807, 2.05) is 13.0 Å². The van der Waals surface area contributed by atoms with Crippen LogP contribution in [0.15, 0.2) is 23.6 Å². The highest BCUT2D eigenvalue weighted by molar-refractivity contribution is 7.80. The molecular weight excluding hydrogens is 282 g/mol. The van der Waals surface area contributed by atoms with Gasteiger partial charge in [0.2, 0.25) is 0 Å². The van der Waals surface area contributed by atoms with Gasteiger partial charge >= 0.3 is 0 Å². The first-order valence-electron chi connectivity index (χ1n) is 7.58. The normalized spacial score (nSPS) is 25.6. The molecule has 1 N–H and O–H groups in total. The van der Waals surface area contributed by atoms with Gasteiger partial charge in [0.25, 0.3) is 0 Å². The zero-order chi connectivity index (χ0) is 14.7. The van der Waals surface area contributed by atoms with Gasteiger partial charge in [-0.2, -0.15) is 15.3 Å². The average Bonchev–Trinajstić information content (AvgIpc) is 2.87. The van der Waals surface area contributed by atoms with Crippen molar-refractivity contribution in [2.45, 2.75) is 32.6 Å². The summed E-state index contributed by atoms with van der Waals surface area (Å²) in [7, 11) is 0. The summed E-state index contributed by atoms with van der Waals surface area (Å²) < 4.78 is 0. The Morgan fingerprint density at radius 2 is 1.90 bits per heavy atom. The molecule has 1 aromatic heterocycles. The van der Waals surface area contributed by atoms with E-state index >= 15 is 0 Å². The second-order valence-corrected chi connectivity index (χ2v) is 6.42. The topological polar surface area (TPSA) is 53.4 Å². The molecule has 0 amide bonds. The molecule has 3 heterocycles. The second kappa shape index (κ2) is 6.47. The molecule has 112 valence electrons. The van der Waals surface area contributed by atoms with Crippen LogP contribution in [-0.2, 0) is 0 Å². The molecule has 4 rings (SSSR count). The van der Waals surface area contributed by atoms with Gasteiger partial charge in [-0.15, -0.1) is 0 Å². The number of nitrogens with zero attached hydrogens (tertiary/aromatic N) is 4. The van der Waals surface area contributed by atoms with Gasteiger partial charge in [0.15, 0.2) is 5.11 Å². The van der Waals surface area contributed by atoms with Crippen LogP contribution in [0, 0.1) is 11.8 Å². The van der Waals surface area contributed by atoms with Crippen molar-refractivity contribution in [1.29, 1.82) is 0 Å². The monoisotopic (exact) mass is 303 g/mol. The summed E-state index contributed by atoms with van der Waals surface area (Å²) in [4.78, 5) is 2.30. The second-order valence-electron chi connectivity index (χ2n) is 6.04. The highest BCUT2D eigenvalue weighted by atomic mass is 32.1. The van der Waals surface area contributed by atoms with E-state index in [4.69, 9.17) is 12.2 Å². The minimum absolute atomic E-state index is 0.746. The molecule has 0 unspecified atom stereocenters. The molecule has 6 heteroatoms. The lowest BCUT2D eigenvalue weighted by Crippen LogP contribution is -2.40. The Hall–Kier alpha value is -1.56. The molecule has 0 aromatic carbocycles. The van der Waals surface area contributed by atoms with E-state index in [0.717, 1.165) is 41.3 Å². The van der Waals surface area contributed by atoms with Crippen LogP contribution < -0.4 is 5.43 Å². The van der Waals surface area contributed by atoms with Crippen molar-refractivity contribution < 1.29 is 0 Å². The van der Waals surface area contributed by atoms with Gasteiger partial charge in [-0.05, 0) is 62.7 Å². The maximum Gasteiger partial charge on any atom is 0.189 e. The van der Waals surface area contributed by atoms with Crippen LogP contribution in [0.1, 0.15) is 38.2 Å². The molecule has 3 aliphatic rings. The lowest BCUT2D eigenvalue weighted by molar-refractivity contribution is 0.326. The zero-order valence-corrected chi connectivity index (χ0v) is 13.1. The molecule has 0 radical (unpaired) electrons. The van der Waals surface area contributed by atoms with E-state index in [1.54, 1.807) is 12.4 Å². The van der Waals surface area contributed by atoms with Gasteiger partial charge in [0.05, 0.1) is 18.1 Å². The first-order chi connectivity index (χ1) is 10.2. The molecule has 2 aliphatic heterocycles. The van der Waals surface area contributed by atoms with Gasteiger partial charge in [-0.3, -0.25) is 5.43 Å². The number of hydrogen-bond acceptors (Lipinski definition) is 4. The fourth-order valence-electron chi connectivity index (χ4n) is 3.23. The highest BCUT2D eigenvalue weighted by Crippen LogP contribution is 2.33. The highest BCUT2D eigenvalue weighted by Gasteiger charge is 2.30. The number of rotatable bonds is 2. The number of thiocarbonyl (C=S) groups is 1. The molecule has 2 bridgehead atoms. The first-order valence-corrected chi connectivity index (χ1v) is 7.99. The maximum absolute atomic E-state index is 5.52. The number of fused-ring (bicyclic) bond motifs is 4. The van der Waals surface area contributed by atoms with Crippen molar-refractivity contribution >= 4 is 23.0 Å². The van der Waals surface area contributed by atoms with Crippen molar-refractivity contribution in [3.05, 3.63) is 24.0 Å². The van der Waals surface area contributed by atoms with Crippen LogP contribution in [0.4, 0.5) is 0 Å². The van der Waals surface area contributed by atoms with Gasteiger partial charge < -0.3 is 4.90 Å². The van der Waals surface area contributed by atoms with E-state index in [0.29, 0.717) is 0 Å². The summed E-state index contributed by atoms with van der Waals surface area (Å²) in [5, 5.41) is 12.8. The van der Waals surface area contributed by atoms with Gasteiger partial charge in [0.1, 0.15) is 0 Å². The largest absolute Gasteiger partial charge is 0.347 e. The molecule has 3 fully saturated rings. The minimum atomic E-state index is 0.746. The molecule has 21 heavy (non-hydrogen) atoms. The third-order valence-corrected chi connectivity index (χ3v) is 4.88. The lowest BCUT2D eigenvalue weighted by Gasteiger charge is -2.24. The molecule has 2 saturated heterocycles. The van der Waals surface area contributed by atoms with E-state index in [9.17, 15) is 0 Å². The average molecular weight is 303 g/mol. The maximum atomic E-state index is 5.52. The summed E-state index contributed by atoms with van der Waals surface area (Å²) in [6.45, 7) is 4.10. The van der Waals surface area contributed by atoms with Crippen molar-refractivity contribution in [2.24, 2.45) is 16.9 Å². The Kier molecular flexibility index (Phi) is 4.43. The Bertz CT molecular complexity index is 508. The third kappa shape index (κ3) is 3.56. The first kappa shape index (κ1) is 14.4. The molecule has 1 aromatic rings. The molecule has 5 nitrogen and oxygen atoms in total. The van der Waals surface area contributed by atoms with Crippen molar-refractivity contribution in [1.82, 2.24) is 20.5 Å². The van der Waals surface area contributed by atoms with Crippen LogP contribution in [0.25, 0.3) is 0 Å². The summed E-state index contributed by atoms with van der Waals surface area (Å²) in [6.07, 6.45) is 8.79. The van der Waals surface area contributed by atoms with Gasteiger partial charge in [0, 0.05) is 18.7 Å². The zero-order valence-electron chi connectivity index (χ0n) is 12.3. The van der Waals surface area contributed by atoms with Crippen LogP contribution in [0.2, 0.25) is 0 Å². The van der Waals surface area contributed by atoms with Gasteiger partial charge in [-0.25, -0.2) is 0 Å². The Morgan fingerprint density at radius 3 is 2.48 bits per heavy atom. The van der Waals surface area contributed by atoms with Crippen LogP contribution in [0.5, 0.6) is 0 Å². The fraction of sp³-hybridized carbons (Fsp3) is 0.600. The Labute approximate surface area is 130 Å². The predicted octanol–water partition coefficient (Wildman–Crippen LogP) is 2.20. The fourth-order valence-corrected chi connectivity index (χ4v) is 3.43. The van der Waals surface area contributed by atoms with Crippen LogP contribution in [-0.4, -0.2) is 39.0 Å². The lowest BCUT2D eigenvalue weighted by atomic mass is 9.84. The van der Waals surface area contributed by atoms with E-state index in [1.165, 1.54) is 25.7 Å². The number of hydrazone groups is 1. The predicted molar refractivity (Wildman–Crippen MR) is 87.0 cm³/mol. The van der Waals surface area contributed by atoms with E-state index in [-0.39, 0.29) is 0 Å². The minimum Gasteiger partial charge on any atom is -0.347 e. The number of aromatic nitrogens is 2. The molecule has 1 saturated carbocycles. The van der Waals surface area contributed by atoms with Crippen LogP contribution in [0.3, 0.4) is 0 Å². The van der Waals surface area contributed by atoms with E-state index < -0.39 is 0 Å². The number of hydrogen-bond donors (Lipinski definition) is 1. The number of nitrogens with one attached hydrogen (secondary N) is 1. The third-order valence-electron chi connectivity index (χ3n) is 4.53. The molecule has 0 spiro atoms. The van der Waals surface area contributed by atoms with Crippen molar-refractivity contribution in [2.75, 3.05) is 13.1 Å². The van der Waals surface area contributed by atoms with Gasteiger partial charge in [-0.1, -0.05) is 0 Å². The summed E-state index contributed by atoms with van der Waals surface area (Å²) in [5.41, 5.74) is 4.87.